The van der Waals surface area contributed by atoms with Crippen LogP contribution < -0.4 is 5.56 Å². The molecule has 0 aliphatic heterocycles. The summed E-state index contributed by atoms with van der Waals surface area (Å²) in [4.78, 5) is 29.7. The van der Waals surface area contributed by atoms with Gasteiger partial charge in [0.05, 0.1) is 23.3 Å². The molecule has 3 aromatic rings. The number of Topliss-reactive ketones (excluding diaryl/α,β-unsaturated/α-hetero) is 1. The average Bonchev–Trinajstić information content (AvgIpc) is 2.55. The summed E-state index contributed by atoms with van der Waals surface area (Å²) in [6, 6.07) is 12.2. The summed E-state index contributed by atoms with van der Waals surface area (Å²) in [6.45, 7) is 1.73. The molecular formula is C17H12I2N2O2. The summed E-state index contributed by atoms with van der Waals surface area (Å²) in [5, 5.41) is 0.538. The molecule has 0 N–H and O–H groups in total. The monoisotopic (exact) mass is 530 g/mol. The third kappa shape index (κ3) is 3.18. The van der Waals surface area contributed by atoms with Crippen molar-refractivity contribution in [3.05, 3.63) is 71.8 Å². The molecule has 23 heavy (non-hydrogen) atoms. The summed E-state index contributed by atoms with van der Waals surface area (Å²) in [5.41, 5.74) is 1.07. The first-order valence-electron chi connectivity index (χ1n) is 6.94. The highest BCUT2D eigenvalue weighted by Gasteiger charge is 2.19. The van der Waals surface area contributed by atoms with Gasteiger partial charge in [-0.2, -0.15) is 0 Å². The van der Waals surface area contributed by atoms with E-state index in [9.17, 15) is 9.59 Å². The largest absolute Gasteiger partial charge is 0.292 e. The van der Waals surface area contributed by atoms with Gasteiger partial charge in [-0.05, 0) is 64.2 Å². The van der Waals surface area contributed by atoms with Gasteiger partial charge < -0.3 is 0 Å². The molecule has 0 aliphatic carbocycles. The SMILES string of the molecule is CC(C(=O)c1ccccc1)n1cnc2c(I)cc(I)cc2c1=O. The predicted octanol–water partition coefficient (Wildman–Crippen LogP) is 4.05. The molecule has 0 bridgehead atoms. The lowest BCUT2D eigenvalue weighted by Gasteiger charge is -2.14. The number of benzene rings is 2. The highest BCUT2D eigenvalue weighted by atomic mass is 127. The van der Waals surface area contributed by atoms with E-state index in [2.05, 4.69) is 50.2 Å². The van der Waals surface area contributed by atoms with Crippen molar-refractivity contribution in [1.82, 2.24) is 9.55 Å². The van der Waals surface area contributed by atoms with Crippen molar-refractivity contribution < 1.29 is 4.79 Å². The van der Waals surface area contributed by atoms with Gasteiger partial charge in [-0.25, -0.2) is 4.98 Å². The molecule has 0 spiro atoms. The van der Waals surface area contributed by atoms with Crippen molar-refractivity contribution >= 4 is 61.9 Å². The third-order valence-corrected chi connectivity index (χ3v) is 5.10. The van der Waals surface area contributed by atoms with E-state index in [1.807, 2.05) is 30.3 Å². The highest BCUT2D eigenvalue weighted by molar-refractivity contribution is 14.1. The van der Waals surface area contributed by atoms with Crippen LogP contribution in [0, 0.1) is 7.14 Å². The molecule has 0 saturated carbocycles. The molecule has 4 nitrogen and oxygen atoms in total. The maximum atomic E-state index is 12.8. The first-order valence-corrected chi connectivity index (χ1v) is 9.10. The molecule has 3 rings (SSSR count). The molecule has 0 radical (unpaired) electrons. The van der Waals surface area contributed by atoms with Crippen LogP contribution in [0.4, 0.5) is 0 Å². The minimum absolute atomic E-state index is 0.103. The van der Waals surface area contributed by atoms with Gasteiger partial charge >= 0.3 is 0 Å². The molecule has 6 heteroatoms. The van der Waals surface area contributed by atoms with Crippen LogP contribution in [-0.4, -0.2) is 15.3 Å². The summed E-state index contributed by atoms with van der Waals surface area (Å²) >= 11 is 4.34. The number of ketones is 1. The molecular weight excluding hydrogens is 518 g/mol. The smallest absolute Gasteiger partial charge is 0.261 e. The topological polar surface area (TPSA) is 52.0 Å². The zero-order valence-corrected chi connectivity index (χ0v) is 16.5. The summed E-state index contributed by atoms with van der Waals surface area (Å²) in [7, 11) is 0. The fraction of sp³-hybridized carbons (Fsp3) is 0.118. The van der Waals surface area contributed by atoms with E-state index in [0.29, 0.717) is 16.5 Å². The Hall–Kier alpha value is -1.29. The van der Waals surface area contributed by atoms with E-state index in [1.165, 1.54) is 10.9 Å². The number of nitrogens with zero attached hydrogens (tertiary/aromatic N) is 2. The Labute approximate surface area is 160 Å². The molecule has 1 unspecified atom stereocenters. The Morgan fingerprint density at radius 2 is 1.87 bits per heavy atom. The number of rotatable bonds is 3. The van der Waals surface area contributed by atoms with Crippen LogP contribution in [0.15, 0.2) is 53.6 Å². The Bertz CT molecular complexity index is 952. The quantitative estimate of drug-likeness (QED) is 0.380. The zero-order chi connectivity index (χ0) is 16.6. The van der Waals surface area contributed by atoms with E-state index in [-0.39, 0.29) is 11.3 Å². The fourth-order valence-electron chi connectivity index (χ4n) is 2.42. The van der Waals surface area contributed by atoms with Gasteiger partial charge in [-0.15, -0.1) is 0 Å². The van der Waals surface area contributed by atoms with Crippen LogP contribution in [-0.2, 0) is 0 Å². The van der Waals surface area contributed by atoms with Gasteiger partial charge in [0, 0.05) is 12.7 Å². The van der Waals surface area contributed by atoms with Crippen molar-refractivity contribution in [3.8, 4) is 0 Å². The molecule has 0 amide bonds. The van der Waals surface area contributed by atoms with Gasteiger partial charge in [0.25, 0.3) is 5.56 Å². The van der Waals surface area contributed by atoms with E-state index in [0.717, 1.165) is 7.14 Å². The van der Waals surface area contributed by atoms with Gasteiger partial charge in [-0.3, -0.25) is 14.2 Å². The Balaban J connectivity index is 2.12. The van der Waals surface area contributed by atoms with E-state index in [4.69, 9.17) is 0 Å². The molecule has 0 fully saturated rings. The number of halogens is 2. The van der Waals surface area contributed by atoms with Crippen LogP contribution >= 0.6 is 45.2 Å². The van der Waals surface area contributed by atoms with E-state index < -0.39 is 6.04 Å². The predicted molar refractivity (Wildman–Crippen MR) is 107 cm³/mol. The number of hydrogen-bond acceptors (Lipinski definition) is 3. The lowest BCUT2D eigenvalue weighted by atomic mass is 10.1. The molecule has 1 aromatic heterocycles. The van der Waals surface area contributed by atoms with Crippen molar-refractivity contribution in [3.63, 3.8) is 0 Å². The Morgan fingerprint density at radius 1 is 1.17 bits per heavy atom. The second-order valence-electron chi connectivity index (χ2n) is 5.15. The summed E-state index contributed by atoms with van der Waals surface area (Å²) < 4.78 is 3.30. The first kappa shape index (κ1) is 16.6. The average molecular weight is 530 g/mol. The standard InChI is InChI=1S/C17H12I2N2O2/c1-10(16(22)11-5-3-2-4-6-11)21-9-20-15-13(17(21)23)7-12(18)8-14(15)19/h2-10H,1H3. The number of carbonyl (C=O) groups is 1. The second kappa shape index (κ2) is 6.68. The van der Waals surface area contributed by atoms with Crippen LogP contribution in [0.2, 0.25) is 0 Å². The second-order valence-corrected chi connectivity index (χ2v) is 7.55. The lowest BCUT2D eigenvalue weighted by Crippen LogP contribution is -2.28. The van der Waals surface area contributed by atoms with Crippen molar-refractivity contribution in [1.29, 1.82) is 0 Å². The van der Waals surface area contributed by atoms with Crippen molar-refractivity contribution in [2.45, 2.75) is 13.0 Å². The summed E-state index contributed by atoms with van der Waals surface area (Å²) in [6.07, 6.45) is 1.46. The zero-order valence-electron chi connectivity index (χ0n) is 12.2. The van der Waals surface area contributed by atoms with Crippen LogP contribution in [0.3, 0.4) is 0 Å². The lowest BCUT2D eigenvalue weighted by molar-refractivity contribution is 0.0932. The minimum Gasteiger partial charge on any atom is -0.292 e. The Morgan fingerprint density at radius 3 is 2.57 bits per heavy atom. The van der Waals surface area contributed by atoms with E-state index >= 15 is 0 Å². The fourth-order valence-corrected chi connectivity index (χ4v) is 4.40. The van der Waals surface area contributed by atoms with Gasteiger partial charge in [-0.1, -0.05) is 30.3 Å². The number of carbonyl (C=O) groups excluding carboxylic acids is 1. The molecule has 0 aliphatic rings. The minimum atomic E-state index is -0.600. The van der Waals surface area contributed by atoms with Crippen molar-refractivity contribution in [2.75, 3.05) is 0 Å². The molecule has 1 heterocycles. The number of aromatic nitrogens is 2. The molecule has 1 atom stereocenters. The highest BCUT2D eigenvalue weighted by Crippen LogP contribution is 2.20. The van der Waals surface area contributed by atoms with Crippen LogP contribution in [0.1, 0.15) is 23.3 Å². The third-order valence-electron chi connectivity index (χ3n) is 3.66. The number of hydrogen-bond donors (Lipinski definition) is 0. The van der Waals surface area contributed by atoms with Gasteiger partial charge in [0.15, 0.2) is 5.78 Å². The van der Waals surface area contributed by atoms with Crippen molar-refractivity contribution in [2.24, 2.45) is 0 Å². The maximum Gasteiger partial charge on any atom is 0.261 e. The van der Waals surface area contributed by atoms with Gasteiger partial charge in [0.1, 0.15) is 0 Å². The normalized spacial score (nSPS) is 12.3. The molecule has 0 saturated heterocycles. The maximum absolute atomic E-state index is 12.8. The van der Waals surface area contributed by atoms with Crippen LogP contribution in [0.5, 0.6) is 0 Å². The molecule has 2 aromatic carbocycles. The number of fused-ring (bicyclic) bond motifs is 1. The summed E-state index contributed by atoms with van der Waals surface area (Å²) in [5.74, 6) is -0.103. The molecule has 116 valence electrons. The Kier molecular flexibility index (Phi) is 4.81. The van der Waals surface area contributed by atoms with E-state index in [1.54, 1.807) is 19.1 Å². The first-order chi connectivity index (χ1) is 11.0. The van der Waals surface area contributed by atoms with Crippen LogP contribution in [0.25, 0.3) is 10.9 Å². The van der Waals surface area contributed by atoms with Gasteiger partial charge in [0.2, 0.25) is 0 Å².